The molecule has 314 valence electrons. The fourth-order valence-corrected chi connectivity index (χ4v) is 6.98. The van der Waals surface area contributed by atoms with Crippen LogP contribution in [0.25, 0.3) is 0 Å². The number of ether oxygens (including phenoxy) is 3. The number of carbonyl (C=O) groups is 3. The van der Waals surface area contributed by atoms with E-state index < -0.39 is 6.10 Å². The zero-order valence-electron chi connectivity index (χ0n) is 36.0. The molecule has 6 nitrogen and oxygen atoms in total. The molecule has 0 aliphatic carbocycles. The minimum Gasteiger partial charge on any atom is -0.462 e. The average Bonchev–Trinajstić information content (AvgIpc) is 3.14. The van der Waals surface area contributed by atoms with Crippen LogP contribution in [0.3, 0.4) is 0 Å². The van der Waals surface area contributed by atoms with Crippen molar-refractivity contribution in [2.45, 2.75) is 265 Å². The van der Waals surface area contributed by atoms with Crippen LogP contribution in [-0.4, -0.2) is 37.2 Å². The van der Waals surface area contributed by atoms with Crippen molar-refractivity contribution in [1.82, 2.24) is 0 Å². The molecule has 1 atom stereocenters. The minimum atomic E-state index is -0.758. The second kappa shape index (κ2) is 41.6. The van der Waals surface area contributed by atoms with Crippen LogP contribution in [0.5, 0.6) is 0 Å². The highest BCUT2D eigenvalue weighted by atomic mass is 16.6. The summed E-state index contributed by atoms with van der Waals surface area (Å²) in [5.74, 6) is -0.0317. The first-order chi connectivity index (χ1) is 25.9. The standard InChI is InChI=1S/C47H90O6/c1-5-7-9-11-12-13-14-15-16-17-22-25-28-32-36-40-47(50)53-44(41-51-45(48)38-34-29-10-8-6-2)42-52-46(49)39-35-31-27-24-21-19-18-20-23-26-30-33-37-43(3)4/h43-44H,5-42H2,1-4H3/t44-/m0/s1. The zero-order chi connectivity index (χ0) is 38.9. The molecule has 53 heavy (non-hydrogen) atoms. The Labute approximate surface area is 329 Å². The zero-order valence-corrected chi connectivity index (χ0v) is 36.0. The van der Waals surface area contributed by atoms with E-state index in [4.69, 9.17) is 14.2 Å². The average molecular weight is 751 g/mol. The molecular formula is C47H90O6. The summed E-state index contributed by atoms with van der Waals surface area (Å²) in [5.41, 5.74) is 0. The van der Waals surface area contributed by atoms with Crippen molar-refractivity contribution >= 4 is 17.9 Å². The Morgan fingerprint density at radius 3 is 0.925 bits per heavy atom. The van der Waals surface area contributed by atoms with Crippen molar-refractivity contribution < 1.29 is 28.6 Å². The van der Waals surface area contributed by atoms with Crippen molar-refractivity contribution in [3.63, 3.8) is 0 Å². The summed E-state index contributed by atoms with van der Waals surface area (Å²) in [6.07, 6.45) is 41.1. The molecule has 0 saturated carbocycles. The summed E-state index contributed by atoms with van der Waals surface area (Å²) < 4.78 is 16.6. The predicted octanol–water partition coefficient (Wildman–Crippen LogP) is 14.7. The fraction of sp³-hybridized carbons (Fsp3) is 0.936. The summed E-state index contributed by atoms with van der Waals surface area (Å²) in [6.45, 7) is 8.93. The summed E-state index contributed by atoms with van der Waals surface area (Å²) in [6, 6.07) is 0. The Hall–Kier alpha value is -1.59. The lowest BCUT2D eigenvalue weighted by Gasteiger charge is -2.18. The van der Waals surface area contributed by atoms with E-state index >= 15 is 0 Å². The van der Waals surface area contributed by atoms with E-state index in [9.17, 15) is 14.4 Å². The Morgan fingerprint density at radius 1 is 0.358 bits per heavy atom. The van der Waals surface area contributed by atoms with Gasteiger partial charge in [0, 0.05) is 19.3 Å². The maximum Gasteiger partial charge on any atom is 0.306 e. The minimum absolute atomic E-state index is 0.0645. The van der Waals surface area contributed by atoms with Gasteiger partial charge < -0.3 is 14.2 Å². The Morgan fingerprint density at radius 2 is 0.623 bits per heavy atom. The fourth-order valence-electron chi connectivity index (χ4n) is 6.98. The molecule has 0 bridgehead atoms. The van der Waals surface area contributed by atoms with Gasteiger partial charge in [0.05, 0.1) is 0 Å². The number of carbonyl (C=O) groups excluding carboxylic acids is 3. The van der Waals surface area contributed by atoms with Crippen molar-refractivity contribution in [1.29, 1.82) is 0 Å². The van der Waals surface area contributed by atoms with Gasteiger partial charge in [0.15, 0.2) is 6.10 Å². The van der Waals surface area contributed by atoms with Crippen LogP contribution in [0.4, 0.5) is 0 Å². The van der Waals surface area contributed by atoms with Crippen molar-refractivity contribution in [3.8, 4) is 0 Å². The normalized spacial score (nSPS) is 11.9. The van der Waals surface area contributed by atoms with Crippen molar-refractivity contribution in [2.24, 2.45) is 5.92 Å². The van der Waals surface area contributed by atoms with Gasteiger partial charge in [0.25, 0.3) is 0 Å². The van der Waals surface area contributed by atoms with Gasteiger partial charge in [0.1, 0.15) is 13.2 Å². The maximum atomic E-state index is 12.7. The van der Waals surface area contributed by atoms with Gasteiger partial charge in [-0.3, -0.25) is 14.4 Å². The lowest BCUT2D eigenvalue weighted by atomic mass is 10.0. The van der Waals surface area contributed by atoms with E-state index in [1.807, 2.05) is 0 Å². The van der Waals surface area contributed by atoms with Gasteiger partial charge in [-0.25, -0.2) is 0 Å². The van der Waals surface area contributed by atoms with Crippen molar-refractivity contribution in [3.05, 3.63) is 0 Å². The largest absolute Gasteiger partial charge is 0.462 e. The van der Waals surface area contributed by atoms with Gasteiger partial charge in [0.2, 0.25) is 0 Å². The quantitative estimate of drug-likeness (QED) is 0.0351. The number of unbranched alkanes of at least 4 members (excludes halogenated alkanes) is 29. The molecule has 0 aliphatic rings. The molecule has 0 amide bonds. The van der Waals surface area contributed by atoms with Crippen LogP contribution in [0, 0.1) is 5.92 Å². The molecule has 0 rings (SSSR count). The number of rotatable bonds is 42. The lowest BCUT2D eigenvalue weighted by Crippen LogP contribution is -2.30. The summed E-state index contributed by atoms with van der Waals surface area (Å²) in [7, 11) is 0. The third-order valence-electron chi connectivity index (χ3n) is 10.5. The summed E-state index contributed by atoms with van der Waals surface area (Å²) in [4.78, 5) is 37.5. The van der Waals surface area contributed by atoms with Gasteiger partial charge >= 0.3 is 17.9 Å². The van der Waals surface area contributed by atoms with Crippen LogP contribution in [-0.2, 0) is 28.6 Å². The van der Waals surface area contributed by atoms with Crippen LogP contribution in [0.2, 0.25) is 0 Å². The number of hydrogen-bond donors (Lipinski definition) is 0. The first kappa shape index (κ1) is 51.4. The van der Waals surface area contributed by atoms with Crippen LogP contribution < -0.4 is 0 Å². The number of hydrogen-bond acceptors (Lipinski definition) is 6. The molecular weight excluding hydrogens is 661 g/mol. The van der Waals surface area contributed by atoms with E-state index in [0.717, 1.165) is 70.1 Å². The van der Waals surface area contributed by atoms with E-state index in [2.05, 4.69) is 27.7 Å². The molecule has 0 aromatic rings. The first-order valence-electron chi connectivity index (χ1n) is 23.4. The van der Waals surface area contributed by atoms with Crippen LogP contribution in [0.15, 0.2) is 0 Å². The molecule has 0 aromatic carbocycles. The second-order valence-corrected chi connectivity index (χ2v) is 16.5. The highest BCUT2D eigenvalue weighted by molar-refractivity contribution is 5.71. The molecule has 0 heterocycles. The van der Waals surface area contributed by atoms with Gasteiger partial charge in [-0.15, -0.1) is 0 Å². The van der Waals surface area contributed by atoms with Crippen molar-refractivity contribution in [2.75, 3.05) is 13.2 Å². The molecule has 0 aromatic heterocycles. The van der Waals surface area contributed by atoms with Gasteiger partial charge in [-0.2, -0.15) is 0 Å². The van der Waals surface area contributed by atoms with Crippen LogP contribution in [0.1, 0.15) is 259 Å². The predicted molar refractivity (Wildman–Crippen MR) is 224 cm³/mol. The van der Waals surface area contributed by atoms with E-state index in [1.54, 1.807) is 0 Å². The Bertz CT molecular complexity index is 796. The first-order valence-corrected chi connectivity index (χ1v) is 23.4. The summed E-state index contributed by atoms with van der Waals surface area (Å²) in [5, 5.41) is 0. The monoisotopic (exact) mass is 751 g/mol. The molecule has 0 unspecified atom stereocenters. The molecule has 0 N–H and O–H groups in total. The van der Waals surface area contributed by atoms with E-state index in [0.29, 0.717) is 19.3 Å². The molecule has 0 radical (unpaired) electrons. The highest BCUT2D eigenvalue weighted by Crippen LogP contribution is 2.16. The van der Waals surface area contributed by atoms with Crippen LogP contribution >= 0.6 is 0 Å². The maximum absolute atomic E-state index is 12.7. The molecule has 6 heteroatoms. The summed E-state index contributed by atoms with van der Waals surface area (Å²) >= 11 is 0. The lowest BCUT2D eigenvalue weighted by molar-refractivity contribution is -0.167. The third kappa shape index (κ3) is 41.4. The van der Waals surface area contributed by atoms with Gasteiger partial charge in [-0.1, -0.05) is 220 Å². The molecule has 0 saturated heterocycles. The smallest absolute Gasteiger partial charge is 0.306 e. The second-order valence-electron chi connectivity index (χ2n) is 16.5. The van der Waals surface area contributed by atoms with E-state index in [-0.39, 0.29) is 31.1 Å². The van der Waals surface area contributed by atoms with E-state index in [1.165, 1.54) is 148 Å². The third-order valence-corrected chi connectivity index (χ3v) is 10.5. The SMILES string of the molecule is CCCCCCCCCCCCCCCCCC(=O)O[C@@H](COC(=O)CCCCCCC)COC(=O)CCCCCCCCCCCCCCC(C)C. The molecule has 0 spiro atoms. The highest BCUT2D eigenvalue weighted by Gasteiger charge is 2.19. The molecule has 0 fully saturated rings. The molecule has 0 aliphatic heterocycles. The Balaban J connectivity index is 4.16. The topological polar surface area (TPSA) is 78.9 Å². The van der Waals surface area contributed by atoms with Gasteiger partial charge in [-0.05, 0) is 25.2 Å². The number of esters is 3. The Kier molecular flexibility index (Phi) is 40.3.